The number of benzene rings is 2. The summed E-state index contributed by atoms with van der Waals surface area (Å²) in [5, 5.41) is 9.32. The number of rotatable bonds is 5. The van der Waals surface area contributed by atoms with Gasteiger partial charge in [0.1, 0.15) is 0 Å². The van der Waals surface area contributed by atoms with Crippen molar-refractivity contribution in [2.75, 3.05) is 0 Å². The first kappa shape index (κ1) is 14.8. The fourth-order valence-electron chi connectivity index (χ4n) is 1.80. The third-order valence-corrected chi connectivity index (χ3v) is 4.36. The summed E-state index contributed by atoms with van der Waals surface area (Å²) < 4.78 is 12.2. The van der Waals surface area contributed by atoms with Crippen molar-refractivity contribution < 1.29 is 14.1 Å². The molecular weight excluding hydrogens is 296 g/mol. The Labute approximate surface area is 124 Å². The highest BCUT2D eigenvalue weighted by Gasteiger charge is 2.07. The van der Waals surface area contributed by atoms with Crippen molar-refractivity contribution in [3.05, 3.63) is 64.7 Å². The van der Waals surface area contributed by atoms with Gasteiger partial charge in [-0.1, -0.05) is 35.9 Å². The number of carboxylic acids is 1. The van der Waals surface area contributed by atoms with Gasteiger partial charge in [-0.2, -0.15) is 0 Å². The highest BCUT2D eigenvalue weighted by atomic mass is 35.5. The molecular formula is C15H13ClO3S. The molecule has 0 saturated heterocycles. The molecule has 0 heterocycles. The molecule has 1 atom stereocenters. The first-order valence-corrected chi connectivity index (χ1v) is 7.68. The van der Waals surface area contributed by atoms with Crippen molar-refractivity contribution in [2.24, 2.45) is 0 Å². The van der Waals surface area contributed by atoms with Gasteiger partial charge in [-0.3, -0.25) is 9.00 Å². The van der Waals surface area contributed by atoms with Gasteiger partial charge in [-0.15, -0.1) is 0 Å². The molecule has 0 bridgehead atoms. The lowest BCUT2D eigenvalue weighted by Gasteiger charge is -2.04. The molecule has 0 aromatic heterocycles. The van der Waals surface area contributed by atoms with E-state index in [9.17, 15) is 9.00 Å². The summed E-state index contributed by atoms with van der Waals surface area (Å²) in [4.78, 5) is 11.3. The Morgan fingerprint density at radius 2 is 1.80 bits per heavy atom. The Balaban J connectivity index is 2.07. The Morgan fingerprint density at radius 3 is 2.40 bits per heavy atom. The van der Waals surface area contributed by atoms with Crippen molar-refractivity contribution in [3.8, 4) is 0 Å². The van der Waals surface area contributed by atoms with Crippen LogP contribution < -0.4 is 0 Å². The Morgan fingerprint density at radius 1 is 1.10 bits per heavy atom. The molecule has 1 N–H and O–H groups in total. The average molecular weight is 309 g/mol. The lowest BCUT2D eigenvalue weighted by atomic mass is 10.2. The largest absolute Gasteiger partial charge is 0.481 e. The molecule has 0 aliphatic carbocycles. The second-order valence-electron chi connectivity index (χ2n) is 4.33. The molecule has 104 valence electrons. The molecule has 1 unspecified atom stereocenters. The van der Waals surface area contributed by atoms with E-state index in [0.717, 1.165) is 5.56 Å². The van der Waals surface area contributed by atoms with Gasteiger partial charge in [0.05, 0.1) is 23.0 Å². The van der Waals surface area contributed by atoms with E-state index in [-0.39, 0.29) is 6.42 Å². The monoisotopic (exact) mass is 308 g/mol. The van der Waals surface area contributed by atoms with Gasteiger partial charge in [-0.05, 0) is 35.4 Å². The number of hydrogen-bond acceptors (Lipinski definition) is 2. The second-order valence-corrected chi connectivity index (χ2v) is 6.22. The van der Waals surface area contributed by atoms with Crippen LogP contribution >= 0.6 is 11.6 Å². The summed E-state index contributed by atoms with van der Waals surface area (Å²) in [6.07, 6.45) is -0.0266. The molecule has 0 fully saturated rings. The third-order valence-electron chi connectivity index (χ3n) is 2.73. The predicted molar refractivity (Wildman–Crippen MR) is 79.3 cm³/mol. The van der Waals surface area contributed by atoms with Crippen LogP contribution in [0.3, 0.4) is 0 Å². The zero-order valence-electron chi connectivity index (χ0n) is 10.6. The highest BCUT2D eigenvalue weighted by molar-refractivity contribution is 7.84. The number of carboxylic acid groups (broad SMARTS) is 1. The van der Waals surface area contributed by atoms with Gasteiger partial charge in [-0.25, -0.2) is 0 Å². The quantitative estimate of drug-likeness (QED) is 0.922. The molecule has 0 spiro atoms. The molecule has 20 heavy (non-hydrogen) atoms. The standard InChI is InChI=1S/C15H13ClO3S/c16-13-3-1-2-12(8-13)10-20(19)14-6-4-11(5-7-14)9-15(17)18/h1-8H,9-10H2,(H,17,18). The number of aliphatic carboxylic acids is 1. The fourth-order valence-corrected chi connectivity index (χ4v) is 3.10. The number of hydrogen-bond donors (Lipinski definition) is 1. The summed E-state index contributed by atoms with van der Waals surface area (Å²) in [7, 11) is -1.17. The Kier molecular flexibility index (Phi) is 4.93. The molecule has 0 amide bonds. The minimum Gasteiger partial charge on any atom is -0.481 e. The minimum atomic E-state index is -1.17. The lowest BCUT2D eigenvalue weighted by Crippen LogP contribution is -2.01. The molecule has 5 heteroatoms. The van der Waals surface area contributed by atoms with Crippen LogP contribution in [0.15, 0.2) is 53.4 Å². The van der Waals surface area contributed by atoms with Crippen molar-refractivity contribution >= 4 is 28.4 Å². The maximum atomic E-state index is 12.2. The third kappa shape index (κ3) is 4.18. The summed E-state index contributed by atoms with van der Waals surface area (Å²) in [6.45, 7) is 0. The maximum Gasteiger partial charge on any atom is 0.307 e. The first-order valence-electron chi connectivity index (χ1n) is 5.98. The fraction of sp³-hybridized carbons (Fsp3) is 0.133. The van der Waals surface area contributed by atoms with Gasteiger partial charge < -0.3 is 5.11 Å². The van der Waals surface area contributed by atoms with Crippen LogP contribution in [0, 0.1) is 0 Å². The molecule has 0 aliphatic rings. The predicted octanol–water partition coefficient (Wildman–Crippen LogP) is 3.27. The summed E-state index contributed by atoms with van der Waals surface area (Å²) >= 11 is 5.89. The van der Waals surface area contributed by atoms with E-state index in [1.54, 1.807) is 36.4 Å². The van der Waals surface area contributed by atoms with Crippen molar-refractivity contribution in [1.29, 1.82) is 0 Å². The Bertz CT molecular complexity index is 638. The van der Waals surface area contributed by atoms with Crippen LogP contribution in [0.2, 0.25) is 5.02 Å². The number of halogens is 1. The van der Waals surface area contributed by atoms with Gasteiger partial charge >= 0.3 is 5.97 Å². The van der Waals surface area contributed by atoms with E-state index in [1.807, 2.05) is 12.1 Å². The van der Waals surface area contributed by atoms with E-state index in [2.05, 4.69) is 0 Å². The summed E-state index contributed by atoms with van der Waals surface area (Å²) in [6, 6.07) is 14.1. The normalized spacial score (nSPS) is 12.1. The van der Waals surface area contributed by atoms with Crippen LogP contribution in [0.1, 0.15) is 11.1 Å². The van der Waals surface area contributed by atoms with Crippen molar-refractivity contribution in [3.63, 3.8) is 0 Å². The van der Waals surface area contributed by atoms with E-state index in [0.29, 0.717) is 21.2 Å². The van der Waals surface area contributed by atoms with Crippen LogP contribution in [-0.2, 0) is 27.8 Å². The zero-order chi connectivity index (χ0) is 14.5. The van der Waals surface area contributed by atoms with Crippen LogP contribution in [0.5, 0.6) is 0 Å². The first-order chi connectivity index (χ1) is 9.54. The highest BCUT2D eigenvalue weighted by Crippen LogP contribution is 2.16. The van der Waals surface area contributed by atoms with Gasteiger partial charge in [0.25, 0.3) is 0 Å². The van der Waals surface area contributed by atoms with E-state index in [4.69, 9.17) is 16.7 Å². The van der Waals surface area contributed by atoms with Crippen molar-refractivity contribution in [1.82, 2.24) is 0 Å². The molecule has 2 aromatic rings. The van der Waals surface area contributed by atoms with Gasteiger partial charge in [0.2, 0.25) is 0 Å². The van der Waals surface area contributed by atoms with E-state index in [1.165, 1.54) is 0 Å². The SMILES string of the molecule is O=C(O)Cc1ccc(S(=O)Cc2cccc(Cl)c2)cc1. The molecule has 3 nitrogen and oxygen atoms in total. The maximum absolute atomic E-state index is 12.2. The van der Waals surface area contributed by atoms with Crippen LogP contribution in [0.4, 0.5) is 0 Å². The smallest absolute Gasteiger partial charge is 0.307 e. The molecule has 0 saturated carbocycles. The Hall–Kier alpha value is -1.65. The second kappa shape index (κ2) is 6.68. The summed E-state index contributed by atoms with van der Waals surface area (Å²) in [5.74, 6) is -0.489. The topological polar surface area (TPSA) is 54.4 Å². The summed E-state index contributed by atoms with van der Waals surface area (Å²) in [5.41, 5.74) is 1.60. The molecule has 0 radical (unpaired) electrons. The van der Waals surface area contributed by atoms with Crippen LogP contribution in [-0.4, -0.2) is 15.3 Å². The van der Waals surface area contributed by atoms with Crippen LogP contribution in [0.25, 0.3) is 0 Å². The average Bonchev–Trinajstić information content (AvgIpc) is 2.38. The molecule has 2 aromatic carbocycles. The molecule has 0 aliphatic heterocycles. The van der Waals surface area contributed by atoms with Crippen molar-refractivity contribution in [2.45, 2.75) is 17.1 Å². The number of carbonyl (C=O) groups is 1. The minimum absolute atomic E-state index is 0.0266. The van der Waals surface area contributed by atoms with E-state index >= 15 is 0 Å². The molecule has 2 rings (SSSR count). The van der Waals surface area contributed by atoms with Gasteiger partial charge in [0, 0.05) is 9.92 Å². The zero-order valence-corrected chi connectivity index (χ0v) is 12.2. The van der Waals surface area contributed by atoms with Gasteiger partial charge in [0.15, 0.2) is 0 Å². The lowest BCUT2D eigenvalue weighted by molar-refractivity contribution is -0.136. The van der Waals surface area contributed by atoms with E-state index < -0.39 is 16.8 Å².